The summed E-state index contributed by atoms with van der Waals surface area (Å²) in [6, 6.07) is 0.239. The summed E-state index contributed by atoms with van der Waals surface area (Å²) in [7, 11) is 0. The molecule has 0 aliphatic carbocycles. The van der Waals surface area contributed by atoms with E-state index in [1.54, 1.807) is 0 Å². The van der Waals surface area contributed by atoms with Crippen LogP contribution in [0.25, 0.3) is 0 Å². The molecule has 1 N–H and O–H groups in total. The highest BCUT2D eigenvalue weighted by Crippen LogP contribution is 2.05. The van der Waals surface area contributed by atoms with Gasteiger partial charge in [0.05, 0.1) is 19.3 Å². The Bertz CT molecular complexity index is 173. The van der Waals surface area contributed by atoms with Gasteiger partial charge in [0, 0.05) is 13.1 Å². The summed E-state index contributed by atoms with van der Waals surface area (Å²) in [4.78, 5) is 13.4. The molecule has 0 bridgehead atoms. The normalized spacial score (nSPS) is 22.9. The Hall–Kier alpha value is -0.770. The second-order valence-electron chi connectivity index (χ2n) is 3.35. The van der Waals surface area contributed by atoms with Gasteiger partial charge in [0.15, 0.2) is 0 Å². The summed E-state index contributed by atoms with van der Waals surface area (Å²) in [6.45, 7) is 6.82. The minimum Gasteiger partial charge on any atom is -0.377 e. The Morgan fingerprint density at radius 2 is 2.46 bits per heavy atom. The van der Waals surface area contributed by atoms with E-state index < -0.39 is 0 Å². The molecule has 2 amide bonds. The molecular formula is C9H18N2O2. The highest BCUT2D eigenvalue weighted by atomic mass is 16.5. The van der Waals surface area contributed by atoms with E-state index >= 15 is 0 Å². The third-order valence-corrected chi connectivity index (χ3v) is 2.15. The fraction of sp³-hybridized carbons (Fsp3) is 0.889. The Labute approximate surface area is 79.2 Å². The molecule has 0 aromatic rings. The summed E-state index contributed by atoms with van der Waals surface area (Å²) in [6.07, 6.45) is 0.977. The van der Waals surface area contributed by atoms with Crippen LogP contribution in [-0.4, -0.2) is 43.3 Å². The van der Waals surface area contributed by atoms with Crippen LogP contribution in [0.15, 0.2) is 0 Å². The zero-order valence-corrected chi connectivity index (χ0v) is 8.38. The molecule has 0 radical (unpaired) electrons. The van der Waals surface area contributed by atoms with Gasteiger partial charge in [0.2, 0.25) is 0 Å². The monoisotopic (exact) mass is 186 g/mol. The predicted octanol–water partition coefficient (Wildman–Crippen LogP) is 0.827. The van der Waals surface area contributed by atoms with Gasteiger partial charge in [-0.3, -0.25) is 0 Å². The number of morpholine rings is 1. The van der Waals surface area contributed by atoms with Crippen molar-refractivity contribution in [3.63, 3.8) is 0 Å². The Kier molecular flexibility index (Phi) is 4.02. The van der Waals surface area contributed by atoms with Crippen LogP contribution in [0.4, 0.5) is 4.79 Å². The van der Waals surface area contributed by atoms with Gasteiger partial charge in [-0.2, -0.15) is 0 Å². The average molecular weight is 186 g/mol. The number of rotatable bonds is 2. The molecule has 13 heavy (non-hydrogen) atoms. The fourth-order valence-corrected chi connectivity index (χ4v) is 1.36. The number of carbonyl (C=O) groups excluding carboxylic acids is 1. The SMILES string of the molecule is CCCNC(=O)N1CCOC[C@@H]1C. The quantitative estimate of drug-likeness (QED) is 0.694. The van der Waals surface area contributed by atoms with Crippen molar-refractivity contribution >= 4 is 6.03 Å². The molecule has 0 saturated carbocycles. The van der Waals surface area contributed by atoms with Gasteiger partial charge in [-0.1, -0.05) is 6.92 Å². The van der Waals surface area contributed by atoms with Crippen LogP contribution in [0, 0.1) is 0 Å². The Morgan fingerprint density at radius 1 is 1.69 bits per heavy atom. The number of amides is 2. The lowest BCUT2D eigenvalue weighted by atomic mass is 10.3. The first-order valence-corrected chi connectivity index (χ1v) is 4.88. The topological polar surface area (TPSA) is 41.6 Å². The molecule has 1 atom stereocenters. The lowest BCUT2D eigenvalue weighted by Gasteiger charge is -2.33. The molecule has 0 aromatic carbocycles. The highest BCUT2D eigenvalue weighted by Gasteiger charge is 2.22. The number of hydrogen-bond acceptors (Lipinski definition) is 2. The van der Waals surface area contributed by atoms with Crippen LogP contribution in [0.3, 0.4) is 0 Å². The summed E-state index contributed by atoms with van der Waals surface area (Å²) in [5, 5.41) is 2.86. The van der Waals surface area contributed by atoms with Crippen LogP contribution in [-0.2, 0) is 4.74 Å². The number of hydrogen-bond donors (Lipinski definition) is 1. The highest BCUT2D eigenvalue weighted by molar-refractivity contribution is 5.74. The van der Waals surface area contributed by atoms with Crippen molar-refractivity contribution in [2.75, 3.05) is 26.3 Å². The largest absolute Gasteiger partial charge is 0.377 e. The molecule has 1 aliphatic rings. The summed E-state index contributed by atoms with van der Waals surface area (Å²) >= 11 is 0. The molecule has 1 saturated heterocycles. The zero-order chi connectivity index (χ0) is 9.68. The first kappa shape index (κ1) is 10.3. The first-order chi connectivity index (χ1) is 6.25. The number of nitrogens with one attached hydrogen (secondary N) is 1. The van der Waals surface area contributed by atoms with Crippen LogP contribution in [0.2, 0.25) is 0 Å². The summed E-state index contributed by atoms with van der Waals surface area (Å²) in [5.41, 5.74) is 0. The van der Waals surface area contributed by atoms with Crippen LogP contribution >= 0.6 is 0 Å². The van der Waals surface area contributed by atoms with Crippen LogP contribution in [0.5, 0.6) is 0 Å². The number of carbonyl (C=O) groups is 1. The van der Waals surface area contributed by atoms with E-state index in [-0.39, 0.29) is 12.1 Å². The minimum atomic E-state index is 0.0395. The zero-order valence-electron chi connectivity index (χ0n) is 8.38. The van der Waals surface area contributed by atoms with Gasteiger partial charge in [-0.15, -0.1) is 0 Å². The third kappa shape index (κ3) is 2.88. The fourth-order valence-electron chi connectivity index (χ4n) is 1.36. The minimum absolute atomic E-state index is 0.0395. The molecule has 1 heterocycles. The van der Waals surface area contributed by atoms with E-state index in [1.165, 1.54) is 0 Å². The van der Waals surface area contributed by atoms with Crippen molar-refractivity contribution in [2.24, 2.45) is 0 Å². The van der Waals surface area contributed by atoms with Gasteiger partial charge in [-0.25, -0.2) is 4.79 Å². The van der Waals surface area contributed by atoms with Crippen molar-refractivity contribution in [3.8, 4) is 0 Å². The summed E-state index contributed by atoms with van der Waals surface area (Å²) in [5.74, 6) is 0. The molecule has 0 aromatic heterocycles. The van der Waals surface area contributed by atoms with Gasteiger partial charge >= 0.3 is 6.03 Å². The molecule has 1 rings (SSSR count). The second-order valence-corrected chi connectivity index (χ2v) is 3.35. The van der Waals surface area contributed by atoms with E-state index in [2.05, 4.69) is 5.32 Å². The Balaban J connectivity index is 2.35. The summed E-state index contributed by atoms with van der Waals surface area (Å²) < 4.78 is 5.24. The van der Waals surface area contributed by atoms with Crippen molar-refractivity contribution in [2.45, 2.75) is 26.3 Å². The van der Waals surface area contributed by atoms with E-state index in [1.807, 2.05) is 18.7 Å². The van der Waals surface area contributed by atoms with E-state index in [0.717, 1.165) is 13.0 Å². The van der Waals surface area contributed by atoms with E-state index in [0.29, 0.717) is 19.8 Å². The lowest BCUT2D eigenvalue weighted by molar-refractivity contribution is 0.0191. The molecular weight excluding hydrogens is 168 g/mol. The Morgan fingerprint density at radius 3 is 3.08 bits per heavy atom. The first-order valence-electron chi connectivity index (χ1n) is 4.88. The van der Waals surface area contributed by atoms with E-state index in [4.69, 9.17) is 4.74 Å². The molecule has 76 valence electrons. The smallest absolute Gasteiger partial charge is 0.317 e. The molecule has 4 nitrogen and oxygen atoms in total. The molecule has 0 spiro atoms. The van der Waals surface area contributed by atoms with Gasteiger partial charge in [0.1, 0.15) is 0 Å². The second kappa shape index (κ2) is 5.07. The third-order valence-electron chi connectivity index (χ3n) is 2.15. The lowest BCUT2D eigenvalue weighted by Crippen LogP contribution is -2.51. The molecule has 1 aliphatic heterocycles. The van der Waals surface area contributed by atoms with Crippen LogP contribution < -0.4 is 5.32 Å². The maximum atomic E-state index is 11.5. The van der Waals surface area contributed by atoms with Gasteiger partial charge in [-0.05, 0) is 13.3 Å². The maximum absolute atomic E-state index is 11.5. The maximum Gasteiger partial charge on any atom is 0.317 e. The number of nitrogens with zero attached hydrogens (tertiary/aromatic N) is 1. The van der Waals surface area contributed by atoms with Crippen LogP contribution in [0.1, 0.15) is 20.3 Å². The molecule has 1 fully saturated rings. The molecule has 0 unspecified atom stereocenters. The number of ether oxygens (including phenoxy) is 1. The molecule has 4 heteroatoms. The van der Waals surface area contributed by atoms with Gasteiger partial charge < -0.3 is 15.0 Å². The van der Waals surface area contributed by atoms with Crippen molar-refractivity contribution in [1.29, 1.82) is 0 Å². The predicted molar refractivity (Wildman–Crippen MR) is 50.7 cm³/mol. The van der Waals surface area contributed by atoms with Crippen molar-refractivity contribution in [3.05, 3.63) is 0 Å². The van der Waals surface area contributed by atoms with Gasteiger partial charge in [0.25, 0.3) is 0 Å². The number of urea groups is 1. The van der Waals surface area contributed by atoms with Crippen molar-refractivity contribution in [1.82, 2.24) is 10.2 Å². The van der Waals surface area contributed by atoms with Crippen molar-refractivity contribution < 1.29 is 9.53 Å². The average Bonchev–Trinajstić information content (AvgIpc) is 2.15. The standard InChI is InChI=1S/C9H18N2O2/c1-3-4-10-9(12)11-5-6-13-7-8(11)2/h8H,3-7H2,1-2H3,(H,10,12)/t8-/m0/s1. The van der Waals surface area contributed by atoms with E-state index in [9.17, 15) is 4.79 Å².